The lowest BCUT2D eigenvalue weighted by molar-refractivity contribution is 0.112. The fourth-order valence-electron chi connectivity index (χ4n) is 1.77. The summed E-state index contributed by atoms with van der Waals surface area (Å²) in [5, 5.41) is 1.13. The highest BCUT2D eigenvalue weighted by atomic mass is 32.2. The van der Waals surface area contributed by atoms with E-state index in [2.05, 4.69) is 11.1 Å². The zero-order valence-corrected chi connectivity index (χ0v) is 11.7. The summed E-state index contributed by atoms with van der Waals surface area (Å²) in [6.45, 7) is 0. The predicted octanol–water partition coefficient (Wildman–Crippen LogP) is 4.40. The molecule has 0 atom stereocenters. The van der Waals surface area contributed by atoms with Crippen LogP contribution < -0.4 is 0 Å². The summed E-state index contributed by atoms with van der Waals surface area (Å²) < 4.78 is 1.23. The van der Waals surface area contributed by atoms with Gasteiger partial charge in [-0.05, 0) is 24.3 Å². The predicted molar refractivity (Wildman–Crippen MR) is 81.0 cm³/mol. The molecule has 2 aromatic carbocycles. The maximum atomic E-state index is 10.6. The fraction of sp³-hybridized carbons (Fsp3) is 0.0667. The lowest BCUT2D eigenvalue weighted by Gasteiger charge is -1.98. The van der Waals surface area contributed by atoms with Crippen molar-refractivity contribution in [3.05, 3.63) is 59.1 Å². The molecule has 0 bridgehead atoms. The van der Waals surface area contributed by atoms with E-state index in [1.54, 1.807) is 23.1 Å². The molecular weight excluding hydrogens is 274 g/mol. The molecule has 0 aliphatic carbocycles. The van der Waals surface area contributed by atoms with Crippen LogP contribution in [0.3, 0.4) is 0 Å². The molecule has 94 valence electrons. The molecule has 0 aliphatic heterocycles. The highest BCUT2D eigenvalue weighted by molar-refractivity contribution is 7.98. The number of thiazole rings is 1. The van der Waals surface area contributed by atoms with Crippen LogP contribution >= 0.6 is 23.1 Å². The van der Waals surface area contributed by atoms with Crippen LogP contribution in [-0.4, -0.2) is 11.3 Å². The second-order valence-corrected chi connectivity index (χ2v) is 6.21. The number of para-hydroxylation sites is 1. The molecule has 0 N–H and O–H groups in total. The average molecular weight is 285 g/mol. The standard InChI is InChI=1S/C15H11NOS2/c17-9-11-5-7-12(8-6-11)18-10-15-16-13-3-1-2-4-14(13)19-15/h1-9H,10H2. The Kier molecular flexibility index (Phi) is 3.62. The largest absolute Gasteiger partial charge is 0.298 e. The third-order valence-electron chi connectivity index (χ3n) is 2.72. The minimum atomic E-state index is 0.712. The Balaban J connectivity index is 1.72. The summed E-state index contributed by atoms with van der Waals surface area (Å²) in [5.41, 5.74) is 1.78. The van der Waals surface area contributed by atoms with Crippen LogP contribution in [0.1, 0.15) is 15.4 Å². The number of rotatable bonds is 4. The Morgan fingerprint density at radius 1 is 1.11 bits per heavy atom. The van der Waals surface area contributed by atoms with Crippen molar-refractivity contribution < 1.29 is 4.79 Å². The van der Waals surface area contributed by atoms with E-state index in [9.17, 15) is 4.79 Å². The van der Waals surface area contributed by atoms with E-state index < -0.39 is 0 Å². The van der Waals surface area contributed by atoms with Gasteiger partial charge in [0.1, 0.15) is 11.3 Å². The molecule has 1 aromatic heterocycles. The minimum absolute atomic E-state index is 0.712. The lowest BCUT2D eigenvalue weighted by atomic mass is 10.2. The SMILES string of the molecule is O=Cc1ccc(SCc2nc3ccccc3s2)cc1. The Labute approximate surface area is 119 Å². The minimum Gasteiger partial charge on any atom is -0.298 e. The quantitative estimate of drug-likeness (QED) is 0.525. The van der Waals surface area contributed by atoms with Gasteiger partial charge in [-0.3, -0.25) is 4.79 Å². The van der Waals surface area contributed by atoms with Gasteiger partial charge < -0.3 is 0 Å². The van der Waals surface area contributed by atoms with Gasteiger partial charge in [0, 0.05) is 10.5 Å². The molecule has 0 unspecified atom stereocenters. The Morgan fingerprint density at radius 3 is 2.63 bits per heavy atom. The van der Waals surface area contributed by atoms with Gasteiger partial charge in [-0.25, -0.2) is 4.98 Å². The van der Waals surface area contributed by atoms with E-state index in [1.807, 2.05) is 42.5 Å². The third kappa shape index (κ3) is 2.85. The number of aromatic nitrogens is 1. The molecule has 4 heteroatoms. The first-order chi connectivity index (χ1) is 9.35. The van der Waals surface area contributed by atoms with E-state index in [0.29, 0.717) is 5.56 Å². The number of carbonyl (C=O) groups is 1. The van der Waals surface area contributed by atoms with Gasteiger partial charge in [-0.2, -0.15) is 0 Å². The van der Waals surface area contributed by atoms with Gasteiger partial charge in [0.2, 0.25) is 0 Å². The highest BCUT2D eigenvalue weighted by Gasteiger charge is 2.03. The first-order valence-electron chi connectivity index (χ1n) is 5.87. The molecule has 1 heterocycles. The number of nitrogens with zero attached hydrogens (tertiary/aromatic N) is 1. The number of benzene rings is 2. The van der Waals surface area contributed by atoms with Crippen molar-refractivity contribution in [3.8, 4) is 0 Å². The van der Waals surface area contributed by atoms with Gasteiger partial charge in [0.25, 0.3) is 0 Å². The van der Waals surface area contributed by atoms with Crippen molar-refractivity contribution in [2.45, 2.75) is 10.6 Å². The first kappa shape index (κ1) is 12.4. The summed E-state index contributed by atoms with van der Waals surface area (Å²) in [6, 6.07) is 15.8. The summed E-state index contributed by atoms with van der Waals surface area (Å²) in [6.07, 6.45) is 0.863. The molecule has 19 heavy (non-hydrogen) atoms. The lowest BCUT2D eigenvalue weighted by Crippen LogP contribution is -1.81. The number of hydrogen-bond acceptors (Lipinski definition) is 4. The van der Waals surface area contributed by atoms with Crippen LogP contribution in [-0.2, 0) is 5.75 Å². The van der Waals surface area contributed by atoms with E-state index in [-0.39, 0.29) is 0 Å². The number of fused-ring (bicyclic) bond motifs is 1. The topological polar surface area (TPSA) is 30.0 Å². The summed E-state index contributed by atoms with van der Waals surface area (Å²) in [7, 11) is 0. The second kappa shape index (κ2) is 5.55. The van der Waals surface area contributed by atoms with Crippen molar-refractivity contribution in [2.24, 2.45) is 0 Å². The Morgan fingerprint density at radius 2 is 1.89 bits per heavy atom. The average Bonchev–Trinajstić information content (AvgIpc) is 2.88. The summed E-state index contributed by atoms with van der Waals surface area (Å²) in [4.78, 5) is 16.3. The van der Waals surface area contributed by atoms with Crippen molar-refractivity contribution in [1.82, 2.24) is 4.98 Å². The molecule has 0 amide bonds. The molecule has 3 rings (SSSR count). The second-order valence-electron chi connectivity index (χ2n) is 4.05. The van der Waals surface area contributed by atoms with Gasteiger partial charge in [0.05, 0.1) is 16.0 Å². The van der Waals surface area contributed by atoms with Gasteiger partial charge in [0.15, 0.2) is 0 Å². The van der Waals surface area contributed by atoms with Gasteiger partial charge in [-0.1, -0.05) is 24.3 Å². The van der Waals surface area contributed by atoms with E-state index in [1.165, 1.54) is 4.70 Å². The van der Waals surface area contributed by atoms with Crippen LogP contribution in [0.4, 0.5) is 0 Å². The van der Waals surface area contributed by atoms with Crippen LogP contribution in [0.2, 0.25) is 0 Å². The van der Waals surface area contributed by atoms with Gasteiger partial charge >= 0.3 is 0 Å². The van der Waals surface area contributed by atoms with Crippen LogP contribution in [0.15, 0.2) is 53.4 Å². The number of aldehydes is 1. The monoisotopic (exact) mass is 285 g/mol. The fourth-order valence-corrected chi connectivity index (χ4v) is 3.63. The molecule has 0 saturated heterocycles. The number of carbonyl (C=O) groups excluding carboxylic acids is 1. The molecule has 2 nitrogen and oxygen atoms in total. The van der Waals surface area contributed by atoms with Crippen molar-refractivity contribution in [3.63, 3.8) is 0 Å². The van der Waals surface area contributed by atoms with E-state index in [0.717, 1.165) is 27.5 Å². The normalized spacial score (nSPS) is 10.7. The maximum Gasteiger partial charge on any atom is 0.150 e. The van der Waals surface area contributed by atoms with Crippen molar-refractivity contribution in [2.75, 3.05) is 0 Å². The highest BCUT2D eigenvalue weighted by Crippen LogP contribution is 2.28. The van der Waals surface area contributed by atoms with E-state index >= 15 is 0 Å². The van der Waals surface area contributed by atoms with Crippen LogP contribution in [0, 0.1) is 0 Å². The van der Waals surface area contributed by atoms with Crippen LogP contribution in [0.5, 0.6) is 0 Å². The Bertz CT molecular complexity index is 670. The molecule has 0 radical (unpaired) electrons. The van der Waals surface area contributed by atoms with Crippen LogP contribution in [0.25, 0.3) is 10.2 Å². The molecule has 0 aliphatic rings. The third-order valence-corrected chi connectivity index (χ3v) is 4.96. The van der Waals surface area contributed by atoms with E-state index in [4.69, 9.17) is 0 Å². The molecule has 3 aromatic rings. The first-order valence-corrected chi connectivity index (χ1v) is 7.68. The summed E-state index contributed by atoms with van der Waals surface area (Å²) in [5.74, 6) is 0.861. The number of hydrogen-bond donors (Lipinski definition) is 0. The molecular formula is C15H11NOS2. The van der Waals surface area contributed by atoms with Crippen molar-refractivity contribution in [1.29, 1.82) is 0 Å². The Hall–Kier alpha value is -1.65. The molecule has 0 saturated carbocycles. The molecule has 0 spiro atoms. The zero-order valence-electron chi connectivity index (χ0n) is 10.1. The smallest absolute Gasteiger partial charge is 0.150 e. The van der Waals surface area contributed by atoms with Crippen molar-refractivity contribution >= 4 is 39.6 Å². The van der Waals surface area contributed by atoms with Gasteiger partial charge in [-0.15, -0.1) is 23.1 Å². The zero-order chi connectivity index (χ0) is 13.1. The number of thioether (sulfide) groups is 1. The maximum absolute atomic E-state index is 10.6. The summed E-state index contributed by atoms with van der Waals surface area (Å²) >= 11 is 3.48. The molecule has 0 fully saturated rings.